The van der Waals surface area contributed by atoms with Gasteiger partial charge >= 0.3 is 5.97 Å². The summed E-state index contributed by atoms with van der Waals surface area (Å²) in [5, 5.41) is 0. The Labute approximate surface area is 177 Å². The van der Waals surface area contributed by atoms with Crippen molar-refractivity contribution < 1.29 is 33.2 Å². The number of carbonyl (C=O) groups excluding carboxylic acids is 1. The van der Waals surface area contributed by atoms with Gasteiger partial charge in [0.1, 0.15) is 11.7 Å². The van der Waals surface area contributed by atoms with E-state index in [4.69, 9.17) is 28.4 Å². The SMILES string of the molecule is COC1O[C@@H]2C[C@@H]3[C@@](C)([C@@H]4C[C@H]5C=CO[C@H]5O4)[C@H](C)C[C@H](OC(C)=O)[C@]13[C@@]1(CO1)C2. The molecule has 0 aromatic rings. The first-order chi connectivity index (χ1) is 14.3. The fourth-order valence-electron chi connectivity index (χ4n) is 7.92. The predicted molar refractivity (Wildman–Crippen MR) is 104 cm³/mol. The molecule has 7 heteroatoms. The Kier molecular flexibility index (Phi) is 4.04. The molecule has 2 spiro atoms. The Morgan fingerprint density at radius 2 is 2.00 bits per heavy atom. The third-order valence-corrected chi connectivity index (χ3v) is 9.42. The lowest BCUT2D eigenvalue weighted by Gasteiger charge is -2.69. The molecule has 30 heavy (non-hydrogen) atoms. The zero-order valence-electron chi connectivity index (χ0n) is 18.2. The van der Waals surface area contributed by atoms with E-state index >= 15 is 0 Å². The summed E-state index contributed by atoms with van der Waals surface area (Å²) < 4.78 is 36.8. The number of hydrogen-bond donors (Lipinski definition) is 0. The highest BCUT2D eigenvalue weighted by Crippen LogP contribution is 2.74. The van der Waals surface area contributed by atoms with Gasteiger partial charge in [-0.2, -0.15) is 0 Å². The number of hydrogen-bond acceptors (Lipinski definition) is 7. The van der Waals surface area contributed by atoms with Crippen LogP contribution >= 0.6 is 0 Å². The fourth-order valence-corrected chi connectivity index (χ4v) is 7.92. The van der Waals surface area contributed by atoms with Crippen molar-refractivity contribution in [1.29, 1.82) is 0 Å². The summed E-state index contributed by atoms with van der Waals surface area (Å²) in [6.45, 7) is 6.82. The van der Waals surface area contributed by atoms with Crippen molar-refractivity contribution in [2.75, 3.05) is 13.7 Å². The normalized spacial score (nSPS) is 57.7. The number of ether oxygens (including phenoxy) is 6. The van der Waals surface area contributed by atoms with E-state index in [1.165, 1.54) is 6.92 Å². The minimum absolute atomic E-state index is 0.0697. The third-order valence-electron chi connectivity index (χ3n) is 9.42. The summed E-state index contributed by atoms with van der Waals surface area (Å²) in [6, 6.07) is 0. The summed E-state index contributed by atoms with van der Waals surface area (Å²) in [5.74, 6) is 0.554. The smallest absolute Gasteiger partial charge is 0.302 e. The first-order valence-electron chi connectivity index (χ1n) is 11.3. The van der Waals surface area contributed by atoms with E-state index in [-0.39, 0.29) is 47.5 Å². The lowest BCUT2D eigenvalue weighted by atomic mass is 9.40. The third kappa shape index (κ3) is 2.22. The maximum Gasteiger partial charge on any atom is 0.302 e. The van der Waals surface area contributed by atoms with Gasteiger partial charge in [-0.25, -0.2) is 0 Å². The molecule has 2 aliphatic carbocycles. The van der Waals surface area contributed by atoms with Crippen LogP contribution in [-0.2, 0) is 33.2 Å². The van der Waals surface area contributed by atoms with Crippen molar-refractivity contribution in [3.63, 3.8) is 0 Å². The summed E-state index contributed by atoms with van der Waals surface area (Å²) in [5.41, 5.74) is -0.997. The van der Waals surface area contributed by atoms with Crippen LogP contribution in [0.3, 0.4) is 0 Å². The van der Waals surface area contributed by atoms with Gasteiger partial charge in [0.25, 0.3) is 0 Å². The maximum absolute atomic E-state index is 12.1. The standard InChI is InChI=1S/C23H32O7/c1-12-7-18(28-13(2)24)23-16(9-15(29-20(23)25-4)10-22(23)11-27-22)21(12,3)17-8-14-5-6-26-19(14)30-17/h5-6,12,14-20H,7-11H2,1-4H3/t12-,14-,15-,16-,17+,18+,19+,20?,21+,22+,23+/m1/s1. The molecule has 2 saturated carbocycles. The summed E-state index contributed by atoms with van der Waals surface area (Å²) in [6.07, 6.45) is 6.57. The molecule has 166 valence electrons. The Balaban J connectivity index is 1.47. The van der Waals surface area contributed by atoms with E-state index < -0.39 is 11.7 Å². The first-order valence-corrected chi connectivity index (χ1v) is 11.3. The average molecular weight is 421 g/mol. The van der Waals surface area contributed by atoms with Crippen LogP contribution in [0.25, 0.3) is 0 Å². The second-order valence-electron chi connectivity index (χ2n) is 10.5. The number of methoxy groups -OCH3 is 1. The Morgan fingerprint density at radius 3 is 2.67 bits per heavy atom. The van der Waals surface area contributed by atoms with Gasteiger partial charge in [-0.05, 0) is 37.2 Å². The van der Waals surface area contributed by atoms with Gasteiger partial charge in [0.15, 0.2) is 6.29 Å². The topological polar surface area (TPSA) is 75.8 Å². The van der Waals surface area contributed by atoms with Crippen molar-refractivity contribution in [3.05, 3.63) is 12.3 Å². The number of rotatable bonds is 3. The summed E-state index contributed by atoms with van der Waals surface area (Å²) >= 11 is 0. The van der Waals surface area contributed by atoms with Gasteiger partial charge in [-0.3, -0.25) is 4.79 Å². The van der Waals surface area contributed by atoms with Gasteiger partial charge in [-0.15, -0.1) is 0 Å². The Bertz CT molecular complexity index is 778. The van der Waals surface area contributed by atoms with Gasteiger partial charge in [-0.1, -0.05) is 13.8 Å². The molecule has 5 aliphatic heterocycles. The van der Waals surface area contributed by atoms with Crippen molar-refractivity contribution in [3.8, 4) is 0 Å². The highest BCUT2D eigenvalue weighted by Gasteiger charge is 2.82. The molecular formula is C23H32O7. The maximum atomic E-state index is 12.1. The second kappa shape index (κ2) is 6.21. The number of fused-ring (bicyclic) bond motifs is 2. The van der Waals surface area contributed by atoms with E-state index in [0.717, 1.165) is 25.7 Å². The average Bonchev–Trinajstić information content (AvgIpc) is 3.12. The molecular weight excluding hydrogens is 388 g/mol. The zero-order chi connectivity index (χ0) is 20.9. The zero-order valence-corrected chi connectivity index (χ0v) is 18.2. The van der Waals surface area contributed by atoms with E-state index in [2.05, 4.69) is 19.9 Å². The molecule has 2 bridgehead atoms. The van der Waals surface area contributed by atoms with Crippen LogP contribution in [0.4, 0.5) is 0 Å². The number of carbonyl (C=O) groups is 1. The first kappa shape index (κ1) is 19.5. The number of epoxide rings is 1. The van der Waals surface area contributed by atoms with Crippen LogP contribution in [-0.4, -0.2) is 56.2 Å². The van der Waals surface area contributed by atoms with Crippen LogP contribution in [0.2, 0.25) is 0 Å². The highest BCUT2D eigenvalue weighted by atomic mass is 16.7. The Morgan fingerprint density at radius 1 is 1.20 bits per heavy atom. The highest BCUT2D eigenvalue weighted by molar-refractivity contribution is 5.66. The molecule has 11 atom stereocenters. The molecule has 7 aliphatic rings. The molecule has 0 amide bonds. The quantitative estimate of drug-likeness (QED) is 0.513. The largest absolute Gasteiger partial charge is 0.472 e. The molecule has 6 fully saturated rings. The van der Waals surface area contributed by atoms with Gasteiger partial charge in [0.2, 0.25) is 6.29 Å². The molecule has 0 aromatic carbocycles. The Hall–Kier alpha value is -1.15. The molecule has 5 heterocycles. The van der Waals surface area contributed by atoms with E-state index in [0.29, 0.717) is 18.4 Å². The monoisotopic (exact) mass is 420 g/mol. The van der Waals surface area contributed by atoms with E-state index in [9.17, 15) is 4.79 Å². The van der Waals surface area contributed by atoms with Crippen molar-refractivity contribution in [2.45, 2.75) is 82.9 Å². The van der Waals surface area contributed by atoms with E-state index in [1.54, 1.807) is 13.4 Å². The summed E-state index contributed by atoms with van der Waals surface area (Å²) in [7, 11) is 1.70. The molecule has 1 unspecified atom stereocenters. The van der Waals surface area contributed by atoms with Gasteiger partial charge < -0.3 is 28.4 Å². The van der Waals surface area contributed by atoms with Crippen LogP contribution in [0.5, 0.6) is 0 Å². The summed E-state index contributed by atoms with van der Waals surface area (Å²) in [4.78, 5) is 12.1. The molecule has 7 nitrogen and oxygen atoms in total. The van der Waals surface area contributed by atoms with E-state index in [1.807, 2.05) is 0 Å². The molecule has 0 aromatic heterocycles. The lowest BCUT2D eigenvalue weighted by molar-refractivity contribution is -0.380. The molecule has 0 radical (unpaired) electrons. The van der Waals surface area contributed by atoms with Gasteiger partial charge in [0.05, 0.1) is 30.5 Å². The van der Waals surface area contributed by atoms with Crippen molar-refractivity contribution >= 4 is 5.97 Å². The molecule has 4 saturated heterocycles. The molecule has 7 rings (SSSR count). The minimum atomic E-state index is -0.527. The molecule has 0 N–H and O–H groups in total. The second-order valence-corrected chi connectivity index (χ2v) is 10.5. The predicted octanol–water partition coefficient (Wildman–Crippen LogP) is 2.78. The minimum Gasteiger partial charge on any atom is -0.472 e. The van der Waals surface area contributed by atoms with Crippen LogP contribution in [0, 0.1) is 28.6 Å². The van der Waals surface area contributed by atoms with Crippen LogP contribution < -0.4 is 0 Å². The van der Waals surface area contributed by atoms with Crippen molar-refractivity contribution in [1.82, 2.24) is 0 Å². The number of esters is 1. The fraction of sp³-hybridized carbons (Fsp3) is 0.870. The van der Waals surface area contributed by atoms with Crippen molar-refractivity contribution in [2.24, 2.45) is 28.6 Å². The lowest BCUT2D eigenvalue weighted by Crippen LogP contribution is -2.76. The van der Waals surface area contributed by atoms with Crippen LogP contribution in [0.1, 0.15) is 46.5 Å². The van der Waals surface area contributed by atoms with Crippen LogP contribution in [0.15, 0.2) is 12.3 Å². The van der Waals surface area contributed by atoms with Gasteiger partial charge in [0, 0.05) is 31.8 Å².